The molecule has 1 unspecified atom stereocenters. The Balaban J connectivity index is 0.000000342. The van der Waals surface area contributed by atoms with Gasteiger partial charge in [0.1, 0.15) is 0 Å². The van der Waals surface area contributed by atoms with Crippen LogP contribution < -0.4 is 0 Å². The van der Waals surface area contributed by atoms with Crippen LogP contribution in [0.2, 0.25) is 0 Å². The molecule has 15 heavy (non-hydrogen) atoms. The Hall–Kier alpha value is -0.780. The largest absolute Gasteiger partial charge is 0.0683 e. The molecule has 2 rings (SSSR count). The highest BCUT2D eigenvalue weighted by atomic mass is 14.2. The quantitative estimate of drug-likeness (QED) is 0.548. The van der Waals surface area contributed by atoms with E-state index in [9.17, 15) is 0 Å². The van der Waals surface area contributed by atoms with Gasteiger partial charge in [-0.1, -0.05) is 65.3 Å². The van der Waals surface area contributed by atoms with Crippen molar-refractivity contribution in [3.8, 4) is 0 Å². The standard InChI is InChI=1S/C10H12.C3H8.C2H6/c1-8-6-7-9-4-2-3-5-10(8)9;1-3-2;1-2/h2-5,8H,6-7H2,1H3;3H2,1-2H3;1-2H3. The third-order valence-electron chi connectivity index (χ3n) is 2.43. The third-order valence-corrected chi connectivity index (χ3v) is 2.43. The summed E-state index contributed by atoms with van der Waals surface area (Å²) in [4.78, 5) is 0. The van der Waals surface area contributed by atoms with Gasteiger partial charge in [0.2, 0.25) is 0 Å². The molecule has 0 heteroatoms. The van der Waals surface area contributed by atoms with Gasteiger partial charge in [-0.3, -0.25) is 0 Å². The van der Waals surface area contributed by atoms with Crippen molar-refractivity contribution in [3.05, 3.63) is 35.4 Å². The molecule has 1 aromatic rings. The van der Waals surface area contributed by atoms with Crippen molar-refractivity contribution in [3.63, 3.8) is 0 Å². The lowest BCUT2D eigenvalue weighted by atomic mass is 10.0. The molecule has 0 aromatic heterocycles. The van der Waals surface area contributed by atoms with E-state index in [1.807, 2.05) is 13.8 Å². The lowest BCUT2D eigenvalue weighted by Gasteiger charge is -2.01. The van der Waals surface area contributed by atoms with Gasteiger partial charge in [-0.05, 0) is 29.9 Å². The molecule has 0 aliphatic heterocycles. The Morgan fingerprint density at radius 2 is 1.67 bits per heavy atom. The maximum atomic E-state index is 2.31. The molecular weight excluding hydrogens is 180 g/mol. The Labute approximate surface area is 95.7 Å². The number of fused-ring (bicyclic) bond motifs is 1. The number of benzene rings is 1. The van der Waals surface area contributed by atoms with Crippen LogP contribution in [0, 0.1) is 0 Å². The van der Waals surface area contributed by atoms with Crippen LogP contribution in [0.5, 0.6) is 0 Å². The number of rotatable bonds is 0. The minimum Gasteiger partial charge on any atom is -0.0683 e. The monoisotopic (exact) mass is 206 g/mol. The Morgan fingerprint density at radius 1 is 1.13 bits per heavy atom. The first-order chi connectivity index (χ1) is 7.29. The molecule has 0 amide bonds. The van der Waals surface area contributed by atoms with E-state index in [-0.39, 0.29) is 0 Å². The van der Waals surface area contributed by atoms with Gasteiger partial charge < -0.3 is 0 Å². The highest BCUT2D eigenvalue weighted by Gasteiger charge is 2.16. The summed E-state index contributed by atoms with van der Waals surface area (Å²) in [6, 6.07) is 8.78. The molecule has 0 spiro atoms. The summed E-state index contributed by atoms with van der Waals surface area (Å²) in [5.41, 5.74) is 3.14. The summed E-state index contributed by atoms with van der Waals surface area (Å²) < 4.78 is 0. The van der Waals surface area contributed by atoms with Crippen molar-refractivity contribution < 1.29 is 0 Å². The van der Waals surface area contributed by atoms with Crippen molar-refractivity contribution in [1.82, 2.24) is 0 Å². The van der Waals surface area contributed by atoms with Crippen molar-refractivity contribution >= 4 is 0 Å². The van der Waals surface area contributed by atoms with E-state index in [1.54, 1.807) is 11.1 Å². The highest BCUT2D eigenvalue weighted by Crippen LogP contribution is 2.31. The third kappa shape index (κ3) is 4.51. The maximum Gasteiger partial charge on any atom is -0.0184 e. The summed E-state index contributed by atoms with van der Waals surface area (Å²) in [6.07, 6.45) is 3.89. The van der Waals surface area contributed by atoms with E-state index < -0.39 is 0 Å². The highest BCUT2D eigenvalue weighted by molar-refractivity contribution is 5.33. The number of hydrogen-bond acceptors (Lipinski definition) is 0. The fraction of sp³-hybridized carbons (Fsp3) is 0.600. The van der Waals surface area contributed by atoms with Gasteiger partial charge in [0.05, 0.1) is 0 Å². The second kappa shape index (κ2) is 8.52. The molecule has 0 bridgehead atoms. The summed E-state index contributed by atoms with van der Waals surface area (Å²) in [5.74, 6) is 0.802. The average molecular weight is 206 g/mol. The van der Waals surface area contributed by atoms with Crippen molar-refractivity contribution in [2.24, 2.45) is 0 Å². The van der Waals surface area contributed by atoms with Crippen LogP contribution in [-0.4, -0.2) is 0 Å². The molecule has 86 valence electrons. The number of hydrogen-bond donors (Lipinski definition) is 0. The van der Waals surface area contributed by atoms with Gasteiger partial charge in [-0.15, -0.1) is 0 Å². The van der Waals surface area contributed by atoms with E-state index in [4.69, 9.17) is 0 Å². The SMILES string of the molecule is CC.CC1CCc2ccccc21.CCC. The van der Waals surface area contributed by atoms with Crippen LogP contribution >= 0.6 is 0 Å². The fourth-order valence-electron chi connectivity index (χ4n) is 1.77. The first kappa shape index (κ1) is 14.2. The van der Waals surface area contributed by atoms with Crippen LogP contribution in [0.25, 0.3) is 0 Å². The smallest absolute Gasteiger partial charge is 0.0184 e. The average Bonchev–Trinajstić information content (AvgIpc) is 2.65. The van der Waals surface area contributed by atoms with Gasteiger partial charge in [0, 0.05) is 0 Å². The van der Waals surface area contributed by atoms with Crippen LogP contribution in [0.4, 0.5) is 0 Å². The molecular formula is C15H26. The van der Waals surface area contributed by atoms with Crippen LogP contribution in [-0.2, 0) is 6.42 Å². The summed E-state index contributed by atoms with van der Waals surface area (Å²) in [6.45, 7) is 10.6. The van der Waals surface area contributed by atoms with Crippen molar-refractivity contribution in [1.29, 1.82) is 0 Å². The lowest BCUT2D eigenvalue weighted by molar-refractivity contribution is 0.747. The van der Waals surface area contributed by atoms with E-state index in [1.165, 1.54) is 19.3 Å². The molecule has 0 radical (unpaired) electrons. The van der Waals surface area contributed by atoms with Crippen LogP contribution in [0.15, 0.2) is 24.3 Å². The Kier molecular flexibility index (Phi) is 8.08. The molecule has 1 aliphatic rings. The second-order valence-corrected chi connectivity index (χ2v) is 3.85. The summed E-state index contributed by atoms with van der Waals surface area (Å²) in [5, 5.41) is 0. The predicted molar refractivity (Wildman–Crippen MR) is 70.5 cm³/mol. The zero-order valence-corrected chi connectivity index (χ0v) is 11.0. The first-order valence-electron chi connectivity index (χ1n) is 6.37. The molecule has 0 heterocycles. The molecule has 1 atom stereocenters. The molecule has 0 saturated heterocycles. The van der Waals surface area contributed by atoms with Gasteiger partial charge in [0.15, 0.2) is 0 Å². The molecule has 0 fully saturated rings. The minimum absolute atomic E-state index is 0.802. The zero-order chi connectivity index (χ0) is 11.7. The van der Waals surface area contributed by atoms with Crippen molar-refractivity contribution in [2.45, 2.75) is 59.8 Å². The molecule has 1 aromatic carbocycles. The van der Waals surface area contributed by atoms with Gasteiger partial charge in [0.25, 0.3) is 0 Å². The van der Waals surface area contributed by atoms with Crippen LogP contribution in [0.1, 0.15) is 64.5 Å². The summed E-state index contributed by atoms with van der Waals surface area (Å²) in [7, 11) is 0. The Morgan fingerprint density at radius 3 is 2.20 bits per heavy atom. The Bertz CT molecular complexity index is 250. The van der Waals surface area contributed by atoms with E-state index >= 15 is 0 Å². The molecule has 1 aliphatic carbocycles. The normalized spacial score (nSPS) is 16.7. The van der Waals surface area contributed by atoms with Gasteiger partial charge >= 0.3 is 0 Å². The van der Waals surface area contributed by atoms with Crippen LogP contribution in [0.3, 0.4) is 0 Å². The first-order valence-corrected chi connectivity index (χ1v) is 6.37. The fourth-order valence-corrected chi connectivity index (χ4v) is 1.77. The molecule has 0 N–H and O–H groups in total. The second-order valence-electron chi connectivity index (χ2n) is 3.85. The topological polar surface area (TPSA) is 0 Å². The van der Waals surface area contributed by atoms with Gasteiger partial charge in [-0.2, -0.15) is 0 Å². The molecule has 0 nitrogen and oxygen atoms in total. The lowest BCUT2D eigenvalue weighted by Crippen LogP contribution is -1.83. The van der Waals surface area contributed by atoms with Gasteiger partial charge in [-0.25, -0.2) is 0 Å². The van der Waals surface area contributed by atoms with E-state index in [0.29, 0.717) is 0 Å². The minimum atomic E-state index is 0.802. The zero-order valence-electron chi connectivity index (χ0n) is 11.0. The van der Waals surface area contributed by atoms with E-state index in [0.717, 1.165) is 5.92 Å². The maximum absolute atomic E-state index is 2.31. The predicted octanol–water partition coefficient (Wildman–Crippen LogP) is 5.18. The molecule has 0 saturated carbocycles. The van der Waals surface area contributed by atoms with Crippen molar-refractivity contribution in [2.75, 3.05) is 0 Å². The summed E-state index contributed by atoms with van der Waals surface area (Å²) >= 11 is 0. The van der Waals surface area contributed by atoms with E-state index in [2.05, 4.69) is 45.0 Å². The number of aryl methyl sites for hydroxylation is 1.